The number of amides is 2. The summed E-state index contributed by atoms with van der Waals surface area (Å²) in [5.74, 6) is -0.712. The zero-order valence-corrected chi connectivity index (χ0v) is 21.0. The fraction of sp³-hybridized carbons (Fsp3) is 0.188. The summed E-state index contributed by atoms with van der Waals surface area (Å²) < 4.78 is 0. The summed E-state index contributed by atoms with van der Waals surface area (Å²) in [5, 5.41) is 28.7. The van der Waals surface area contributed by atoms with Gasteiger partial charge in [0.2, 0.25) is 0 Å². The highest BCUT2D eigenvalue weighted by molar-refractivity contribution is 5.95. The van der Waals surface area contributed by atoms with Crippen LogP contribution in [0.15, 0.2) is 121 Å². The van der Waals surface area contributed by atoms with Gasteiger partial charge in [0.25, 0.3) is 11.8 Å². The fourth-order valence-electron chi connectivity index (χ4n) is 4.41. The molecule has 4 aromatic rings. The molecule has 0 aliphatic rings. The molecule has 0 heterocycles. The Hall–Kier alpha value is -4.26. The average molecular weight is 509 g/mol. The zero-order chi connectivity index (χ0) is 26.7. The van der Waals surface area contributed by atoms with Crippen LogP contribution in [0.5, 0.6) is 0 Å². The summed E-state index contributed by atoms with van der Waals surface area (Å²) in [4.78, 5) is 26.0. The van der Waals surface area contributed by atoms with Crippen LogP contribution in [0.3, 0.4) is 0 Å². The Bertz CT molecular complexity index is 1180. The molecule has 0 saturated carbocycles. The molecule has 0 aliphatic heterocycles. The number of benzene rings is 4. The van der Waals surface area contributed by atoms with E-state index in [0.717, 1.165) is 11.1 Å². The Labute approximate surface area is 223 Å². The van der Waals surface area contributed by atoms with Crippen LogP contribution in [0.1, 0.15) is 31.8 Å². The van der Waals surface area contributed by atoms with E-state index in [9.17, 15) is 19.8 Å². The van der Waals surface area contributed by atoms with Crippen LogP contribution >= 0.6 is 0 Å². The molecule has 194 valence electrons. The summed E-state index contributed by atoms with van der Waals surface area (Å²) >= 11 is 0. The van der Waals surface area contributed by atoms with Crippen molar-refractivity contribution in [2.24, 2.45) is 0 Å². The van der Waals surface area contributed by atoms with Crippen LogP contribution in [-0.4, -0.2) is 46.3 Å². The fourth-order valence-corrected chi connectivity index (χ4v) is 4.41. The van der Waals surface area contributed by atoms with Crippen LogP contribution in [-0.2, 0) is 12.8 Å². The third-order valence-electron chi connectivity index (χ3n) is 6.48. The van der Waals surface area contributed by atoms with Crippen molar-refractivity contribution in [2.45, 2.75) is 37.1 Å². The molecule has 4 atom stereocenters. The molecule has 0 bridgehead atoms. The number of rotatable bonds is 11. The first-order valence-electron chi connectivity index (χ1n) is 12.7. The molecule has 4 N–H and O–H groups in total. The molecule has 0 aromatic heterocycles. The van der Waals surface area contributed by atoms with Gasteiger partial charge < -0.3 is 20.8 Å². The standard InChI is InChI=1S/C32H32N2O4/c35-29(27(21-23-13-5-1-6-14-23)33-31(37)25-17-9-3-10-18-25)30(36)28(22-24-15-7-2-8-16-24)34-32(38)26-19-11-4-12-20-26/h1-20,27-30,35-36H,21-22H2,(H,33,37)(H,34,38)/t27-,28-,29-,30+/m0/s1. The molecule has 0 spiro atoms. The average Bonchev–Trinajstić information content (AvgIpc) is 2.97. The van der Waals surface area contributed by atoms with Gasteiger partial charge in [0, 0.05) is 11.1 Å². The maximum Gasteiger partial charge on any atom is 0.251 e. The van der Waals surface area contributed by atoms with Crippen molar-refractivity contribution >= 4 is 11.8 Å². The van der Waals surface area contributed by atoms with Gasteiger partial charge in [-0.1, -0.05) is 97.1 Å². The molecule has 0 unspecified atom stereocenters. The van der Waals surface area contributed by atoms with E-state index in [4.69, 9.17) is 0 Å². The third kappa shape index (κ3) is 7.38. The minimum atomic E-state index is -1.37. The van der Waals surface area contributed by atoms with Crippen LogP contribution < -0.4 is 10.6 Å². The van der Waals surface area contributed by atoms with Crippen molar-refractivity contribution in [3.63, 3.8) is 0 Å². The van der Waals surface area contributed by atoms with Crippen molar-refractivity contribution in [1.29, 1.82) is 0 Å². The SMILES string of the molecule is O=C(N[C@@H](Cc1ccccc1)[C@H](O)[C@H](O)[C@H](Cc1ccccc1)NC(=O)c1ccccc1)c1ccccc1. The third-order valence-corrected chi connectivity index (χ3v) is 6.48. The van der Waals surface area contributed by atoms with E-state index in [-0.39, 0.29) is 11.8 Å². The number of aliphatic hydroxyl groups is 2. The van der Waals surface area contributed by atoms with Crippen molar-refractivity contribution in [1.82, 2.24) is 10.6 Å². The molecule has 6 nitrogen and oxygen atoms in total. The monoisotopic (exact) mass is 508 g/mol. The lowest BCUT2D eigenvalue weighted by Crippen LogP contribution is -2.57. The minimum absolute atomic E-state index is 0.294. The number of hydrogen-bond acceptors (Lipinski definition) is 4. The number of carbonyl (C=O) groups is 2. The molecule has 4 rings (SSSR count). The Morgan fingerprint density at radius 3 is 1.11 bits per heavy atom. The number of nitrogens with one attached hydrogen (secondary N) is 2. The van der Waals surface area contributed by atoms with Crippen molar-refractivity contribution in [3.8, 4) is 0 Å². The van der Waals surface area contributed by atoms with Gasteiger partial charge in [-0.2, -0.15) is 0 Å². The lowest BCUT2D eigenvalue weighted by atomic mass is 9.90. The van der Waals surface area contributed by atoms with Crippen LogP contribution in [0.4, 0.5) is 0 Å². The summed E-state index contributed by atoms with van der Waals surface area (Å²) in [6.45, 7) is 0. The predicted octanol–water partition coefficient (Wildman–Crippen LogP) is 3.79. The van der Waals surface area contributed by atoms with E-state index in [1.165, 1.54) is 0 Å². The first-order chi connectivity index (χ1) is 18.5. The van der Waals surface area contributed by atoms with Crippen LogP contribution in [0.25, 0.3) is 0 Å². The highest BCUT2D eigenvalue weighted by Crippen LogP contribution is 2.16. The Morgan fingerprint density at radius 1 is 0.500 bits per heavy atom. The molecule has 0 radical (unpaired) electrons. The molecule has 38 heavy (non-hydrogen) atoms. The smallest absolute Gasteiger partial charge is 0.251 e. The highest BCUT2D eigenvalue weighted by Gasteiger charge is 2.34. The topological polar surface area (TPSA) is 98.7 Å². The van der Waals surface area contributed by atoms with Crippen molar-refractivity contribution < 1.29 is 19.8 Å². The van der Waals surface area contributed by atoms with E-state index in [1.807, 2.05) is 72.8 Å². The first kappa shape index (κ1) is 26.8. The first-order valence-corrected chi connectivity index (χ1v) is 12.7. The largest absolute Gasteiger partial charge is 0.388 e. The van der Waals surface area contributed by atoms with Crippen LogP contribution in [0.2, 0.25) is 0 Å². The molecule has 0 fully saturated rings. The summed E-state index contributed by atoms with van der Waals surface area (Å²) in [6, 6.07) is 34.8. The second kappa shape index (κ2) is 13.3. The van der Waals surface area contributed by atoms with Gasteiger partial charge in [0.05, 0.1) is 12.1 Å². The van der Waals surface area contributed by atoms with Crippen molar-refractivity contribution in [3.05, 3.63) is 144 Å². The van der Waals surface area contributed by atoms with E-state index >= 15 is 0 Å². The Kier molecular flexibility index (Phi) is 9.40. The maximum atomic E-state index is 13.0. The van der Waals surface area contributed by atoms with Gasteiger partial charge in [-0.3, -0.25) is 9.59 Å². The highest BCUT2D eigenvalue weighted by atomic mass is 16.3. The molecule has 6 heteroatoms. The molecule has 2 amide bonds. The number of hydrogen-bond donors (Lipinski definition) is 4. The second-order valence-corrected chi connectivity index (χ2v) is 9.25. The van der Waals surface area contributed by atoms with E-state index < -0.39 is 24.3 Å². The zero-order valence-electron chi connectivity index (χ0n) is 21.0. The predicted molar refractivity (Wildman–Crippen MR) is 148 cm³/mol. The molecule has 0 aliphatic carbocycles. The van der Waals surface area contributed by atoms with E-state index in [2.05, 4.69) is 10.6 Å². The Balaban J connectivity index is 1.59. The van der Waals surface area contributed by atoms with Gasteiger partial charge in [-0.05, 0) is 48.2 Å². The lowest BCUT2D eigenvalue weighted by molar-refractivity contribution is -0.0219. The number of carbonyl (C=O) groups excluding carboxylic acids is 2. The van der Waals surface area contributed by atoms with Gasteiger partial charge in [-0.15, -0.1) is 0 Å². The van der Waals surface area contributed by atoms with E-state index in [0.29, 0.717) is 24.0 Å². The quantitative estimate of drug-likeness (QED) is 0.248. The number of aliphatic hydroxyl groups excluding tert-OH is 2. The maximum absolute atomic E-state index is 13.0. The molecule has 4 aromatic carbocycles. The van der Waals surface area contributed by atoms with Crippen LogP contribution in [0, 0.1) is 0 Å². The van der Waals surface area contributed by atoms with E-state index in [1.54, 1.807) is 48.5 Å². The van der Waals surface area contributed by atoms with Crippen molar-refractivity contribution in [2.75, 3.05) is 0 Å². The molecular formula is C32H32N2O4. The van der Waals surface area contributed by atoms with Gasteiger partial charge in [-0.25, -0.2) is 0 Å². The van der Waals surface area contributed by atoms with Gasteiger partial charge in [0.15, 0.2) is 0 Å². The summed E-state index contributed by atoms with van der Waals surface area (Å²) in [7, 11) is 0. The summed E-state index contributed by atoms with van der Waals surface area (Å²) in [5.41, 5.74) is 2.69. The van der Waals surface area contributed by atoms with Gasteiger partial charge >= 0.3 is 0 Å². The minimum Gasteiger partial charge on any atom is -0.388 e. The Morgan fingerprint density at radius 2 is 0.789 bits per heavy atom. The van der Waals surface area contributed by atoms with Gasteiger partial charge in [0.1, 0.15) is 12.2 Å². The second-order valence-electron chi connectivity index (χ2n) is 9.25. The normalized spacial score (nSPS) is 14.1. The lowest BCUT2D eigenvalue weighted by Gasteiger charge is -2.33. The molecular weight excluding hydrogens is 476 g/mol. The summed E-state index contributed by atoms with van der Waals surface area (Å²) in [6.07, 6.45) is -2.15. The molecule has 0 saturated heterocycles.